The minimum Gasteiger partial charge on any atom is -0.461 e. The molecule has 0 aromatic heterocycles. The number of esters is 2. The molecule has 5 N–H and O–H groups in total. The Kier molecular flexibility index (Phi) is 21.4. The van der Waals surface area contributed by atoms with Crippen molar-refractivity contribution >= 4 is 23.4 Å². The lowest BCUT2D eigenvalue weighted by molar-refractivity contribution is -0.305. The fraction of sp³-hybridized carbons (Fsp3) is 0.918. The first-order valence-electron chi connectivity index (χ1n) is 24.6. The first kappa shape index (κ1) is 59.1. The molecule has 23 atom stereocenters. The van der Waals surface area contributed by atoms with E-state index in [1.807, 2.05) is 13.8 Å². The van der Waals surface area contributed by atoms with Gasteiger partial charge in [-0.15, -0.1) is 0 Å². The normalized spacial score (nSPS) is 45.4. The third kappa shape index (κ3) is 14.4. The number of hydrogen-bond donors (Lipinski definition) is 5. The fourth-order valence-corrected chi connectivity index (χ4v) is 10.6. The van der Waals surface area contributed by atoms with Crippen molar-refractivity contribution in [2.24, 2.45) is 46.6 Å². The number of ether oxygens (including phenoxy) is 10. The van der Waals surface area contributed by atoms with Crippen LogP contribution < -0.4 is 0 Å². The maximum Gasteiger partial charge on any atom is 0.311 e. The van der Waals surface area contributed by atoms with Crippen molar-refractivity contribution < 1.29 is 92.1 Å². The molecule has 4 aliphatic rings. The first-order valence-corrected chi connectivity index (χ1v) is 24.6. The molecule has 0 radical (unpaired) electrons. The van der Waals surface area contributed by atoms with E-state index in [0.717, 1.165) is 0 Å². The van der Waals surface area contributed by atoms with Crippen molar-refractivity contribution in [1.29, 1.82) is 0 Å². The molecule has 0 aliphatic carbocycles. The molecule has 400 valence electrons. The largest absolute Gasteiger partial charge is 0.461 e. The summed E-state index contributed by atoms with van der Waals surface area (Å²) in [5, 5.41) is 60.8. The van der Waals surface area contributed by atoms with Crippen LogP contribution in [0.4, 0.5) is 0 Å². The highest BCUT2D eigenvalue weighted by molar-refractivity contribution is 5.90. The topological polar surface area (TPSA) is 266 Å². The van der Waals surface area contributed by atoms with Crippen LogP contribution in [-0.2, 0) is 66.6 Å². The number of methoxy groups -OCH3 is 2. The second kappa shape index (κ2) is 25.0. The summed E-state index contributed by atoms with van der Waals surface area (Å²) in [4.78, 5) is 48.5. The summed E-state index contributed by atoms with van der Waals surface area (Å²) < 4.78 is 62.0. The van der Waals surface area contributed by atoms with E-state index in [2.05, 4.69) is 5.16 Å². The zero-order chi connectivity index (χ0) is 52.0. The van der Waals surface area contributed by atoms with Crippen LogP contribution in [0.25, 0.3) is 0 Å². The van der Waals surface area contributed by atoms with Crippen molar-refractivity contribution in [3.8, 4) is 0 Å². The number of aliphatic hydroxyl groups is 5. The van der Waals surface area contributed by atoms with Crippen LogP contribution in [0.5, 0.6) is 0 Å². The quantitative estimate of drug-likeness (QED) is 0.124. The van der Waals surface area contributed by atoms with Gasteiger partial charge in [0.15, 0.2) is 24.7 Å². The molecule has 0 aromatic rings. The summed E-state index contributed by atoms with van der Waals surface area (Å²) in [5.74, 6) is -7.58. The summed E-state index contributed by atoms with van der Waals surface area (Å²) in [6.07, 6.45) is -15.6. The Morgan fingerprint density at radius 2 is 1.41 bits per heavy atom. The Labute approximate surface area is 408 Å². The van der Waals surface area contributed by atoms with Gasteiger partial charge in [-0.05, 0) is 59.8 Å². The molecular weight excluding hydrogens is 907 g/mol. The molecule has 0 aromatic carbocycles. The van der Waals surface area contributed by atoms with Crippen LogP contribution in [0.2, 0.25) is 0 Å². The molecule has 4 saturated heterocycles. The Morgan fingerprint density at radius 3 is 1.99 bits per heavy atom. The molecule has 4 heterocycles. The van der Waals surface area contributed by atoms with Crippen LogP contribution in [0.15, 0.2) is 5.16 Å². The van der Waals surface area contributed by atoms with Crippen molar-refractivity contribution in [1.82, 2.24) is 0 Å². The lowest BCUT2D eigenvalue weighted by Gasteiger charge is -2.46. The van der Waals surface area contributed by atoms with Crippen molar-refractivity contribution in [3.05, 3.63) is 0 Å². The molecule has 4 aliphatic heterocycles. The third-order valence-electron chi connectivity index (χ3n) is 14.4. The Balaban J connectivity index is 1.88. The van der Waals surface area contributed by atoms with E-state index in [-0.39, 0.29) is 43.9 Å². The average Bonchev–Trinajstić information content (AvgIpc) is 3.26. The number of Topliss-reactive ketones (excluding diaryl/α,β-unsaturated/α-hetero) is 1. The number of carbonyl (C=O) groups excluding carboxylic acids is 3. The van der Waals surface area contributed by atoms with E-state index in [0.29, 0.717) is 0 Å². The molecule has 11 unspecified atom stereocenters. The predicted molar refractivity (Wildman–Crippen MR) is 247 cm³/mol. The van der Waals surface area contributed by atoms with E-state index >= 15 is 4.79 Å². The van der Waals surface area contributed by atoms with Crippen LogP contribution in [0.3, 0.4) is 0 Å². The van der Waals surface area contributed by atoms with Gasteiger partial charge in [-0.2, -0.15) is 0 Å². The van der Waals surface area contributed by atoms with Gasteiger partial charge in [-0.25, -0.2) is 0 Å². The maximum absolute atomic E-state index is 15.1. The van der Waals surface area contributed by atoms with Crippen LogP contribution in [-0.4, -0.2) is 180 Å². The number of aliphatic hydroxyl groups excluding tert-OH is 3. The molecule has 0 spiro atoms. The zero-order valence-corrected chi connectivity index (χ0v) is 43.6. The van der Waals surface area contributed by atoms with Gasteiger partial charge in [0.05, 0.1) is 60.3 Å². The molecule has 69 heavy (non-hydrogen) atoms. The molecule has 20 heteroatoms. The SMILES string of the molecule is CON=C1C[C@@H](C)O[C@@H](OC2C(C)CC(C)(O)C(=O)C(C)C(OC(=O)CC(C)C)C(C)C(C(C)CO[C@@H]3O[C@H](C)[C@@H](O)[C@@H](OC)[C@H]3OC)OC(=O)C(C)C(O[C@H]3C[C@@](C)(O)[C@@H](O)[C@H](C)O3)C2C)[C@@H]1O. The monoisotopic (exact) mass is 992 g/mol. The summed E-state index contributed by atoms with van der Waals surface area (Å²) in [6.45, 7) is 21.6. The highest BCUT2D eigenvalue weighted by Crippen LogP contribution is 2.40. The number of ketones is 1. The van der Waals surface area contributed by atoms with Gasteiger partial charge in [0.25, 0.3) is 0 Å². The highest BCUT2D eigenvalue weighted by atomic mass is 16.7. The fourth-order valence-electron chi connectivity index (χ4n) is 10.6. The molecule has 4 fully saturated rings. The first-order chi connectivity index (χ1) is 32.1. The summed E-state index contributed by atoms with van der Waals surface area (Å²) in [6, 6.07) is 0. The van der Waals surface area contributed by atoms with Crippen LogP contribution in [0.1, 0.15) is 116 Å². The maximum atomic E-state index is 15.1. The third-order valence-corrected chi connectivity index (χ3v) is 14.4. The van der Waals surface area contributed by atoms with E-state index in [4.69, 9.17) is 52.2 Å². The molecule has 0 bridgehead atoms. The lowest BCUT2D eigenvalue weighted by Crippen LogP contribution is -2.59. The van der Waals surface area contributed by atoms with Crippen molar-refractivity contribution in [3.63, 3.8) is 0 Å². The van der Waals surface area contributed by atoms with Gasteiger partial charge >= 0.3 is 11.9 Å². The molecule has 0 saturated carbocycles. The van der Waals surface area contributed by atoms with Gasteiger partial charge < -0.3 is 77.7 Å². The predicted octanol–water partition coefficient (Wildman–Crippen LogP) is 3.06. The van der Waals surface area contributed by atoms with E-state index in [9.17, 15) is 35.1 Å². The summed E-state index contributed by atoms with van der Waals surface area (Å²) in [5.41, 5.74) is -3.45. The standard InChI is InChI=1S/C49H85NO19/c1-22(2)17-33(51)66-39-27(7)38(24(4)21-62-47-42(60-15)41(59-14)35(52)30(10)65-47)68-45(56)29(9)40(67-34-20-49(13,58)44(55)31(11)64-34)26(6)37(23(3)19-48(12,57)43(54)28(39)8)69-46-36(53)32(50-61-16)18-25(5)63-46/h22-31,34-42,44,46-47,52-53,55,57-58H,17-21H2,1-16H3/t23?,24?,25-,26?,27?,28?,29?,30-,31+,34+,35-,36-,37?,38?,39?,40?,41-,42-,44+,46+,47-,48?,49-/m1/s1. The smallest absolute Gasteiger partial charge is 0.311 e. The van der Waals surface area contributed by atoms with Crippen LogP contribution >= 0.6 is 0 Å². The van der Waals surface area contributed by atoms with Crippen molar-refractivity contribution in [2.45, 2.75) is 219 Å². The Morgan fingerprint density at radius 1 is 0.768 bits per heavy atom. The number of nitrogens with zero attached hydrogens (tertiary/aromatic N) is 1. The number of oxime groups is 1. The van der Waals surface area contributed by atoms with Gasteiger partial charge in [-0.3, -0.25) is 14.4 Å². The summed E-state index contributed by atoms with van der Waals surface area (Å²) in [7, 11) is 4.23. The number of hydrogen-bond acceptors (Lipinski definition) is 20. The second-order valence-corrected chi connectivity index (χ2v) is 21.2. The summed E-state index contributed by atoms with van der Waals surface area (Å²) >= 11 is 0. The Bertz CT molecular complexity index is 1700. The highest BCUT2D eigenvalue weighted by Gasteiger charge is 2.52. The van der Waals surface area contributed by atoms with Gasteiger partial charge in [-0.1, -0.05) is 53.6 Å². The van der Waals surface area contributed by atoms with Crippen LogP contribution in [0, 0.1) is 41.4 Å². The average molecular weight is 992 g/mol. The van der Waals surface area contributed by atoms with E-state index in [1.165, 1.54) is 35.2 Å². The molecular formula is C49H85NO19. The number of cyclic esters (lactones) is 1. The lowest BCUT2D eigenvalue weighted by atomic mass is 9.74. The van der Waals surface area contributed by atoms with E-state index < -0.39 is 157 Å². The number of carbonyl (C=O) groups is 3. The number of rotatable bonds is 14. The second-order valence-electron chi connectivity index (χ2n) is 21.2. The minimum atomic E-state index is -2.07. The van der Waals surface area contributed by atoms with Crippen molar-refractivity contribution in [2.75, 3.05) is 27.9 Å². The van der Waals surface area contributed by atoms with Gasteiger partial charge in [0.2, 0.25) is 0 Å². The zero-order valence-electron chi connectivity index (χ0n) is 43.6. The van der Waals surface area contributed by atoms with Gasteiger partial charge in [0, 0.05) is 51.2 Å². The minimum absolute atomic E-state index is 0.0199. The molecule has 4 rings (SSSR count). The van der Waals surface area contributed by atoms with Gasteiger partial charge in [0.1, 0.15) is 55.4 Å². The molecule has 0 amide bonds. The van der Waals surface area contributed by atoms with E-state index in [1.54, 1.807) is 62.3 Å². The molecule has 20 nitrogen and oxygen atoms in total. The Hall–Kier alpha value is -2.44.